The largest absolute Gasteiger partial charge is 0.508 e. The van der Waals surface area contributed by atoms with Crippen molar-refractivity contribution in [1.29, 1.82) is 0 Å². The van der Waals surface area contributed by atoms with Crippen molar-refractivity contribution >= 4 is 23.6 Å². The Morgan fingerprint density at radius 1 is 0.900 bits per heavy atom. The standard InChI is InChI=1S/C31H37N3O6/c1-19-10-9-11-20(2)26(19)33-28(37)27(23-12-7-8-13-25(23)36)34(6)29(38)24(32-30(39)40-31(3,4)5)18-21-14-16-22(35)17-15-21/h7-17,24,27,35-36H,18H2,1-6H3,(H,32,39)(H,33,37). The summed E-state index contributed by atoms with van der Waals surface area (Å²) in [5.41, 5.74) is 2.39. The molecule has 2 atom stereocenters. The third-order valence-electron chi connectivity index (χ3n) is 6.31. The number of nitrogens with one attached hydrogen (secondary N) is 2. The van der Waals surface area contributed by atoms with Gasteiger partial charge in [-0.05, 0) is 69.5 Å². The lowest BCUT2D eigenvalue weighted by Crippen LogP contribution is -2.52. The maximum atomic E-state index is 14.0. The van der Waals surface area contributed by atoms with Crippen molar-refractivity contribution < 1.29 is 29.3 Å². The molecule has 0 aromatic heterocycles. The van der Waals surface area contributed by atoms with E-state index in [0.29, 0.717) is 11.3 Å². The number of carbonyl (C=O) groups excluding carboxylic acids is 3. The Kier molecular flexibility index (Phi) is 9.42. The maximum absolute atomic E-state index is 14.0. The minimum Gasteiger partial charge on any atom is -0.508 e. The Balaban J connectivity index is 1.99. The van der Waals surface area contributed by atoms with Gasteiger partial charge in [-0.1, -0.05) is 48.5 Å². The molecule has 0 bridgehead atoms. The molecule has 0 spiro atoms. The van der Waals surface area contributed by atoms with Crippen LogP contribution in [0.1, 0.15) is 49.1 Å². The van der Waals surface area contributed by atoms with E-state index in [9.17, 15) is 24.6 Å². The molecule has 3 rings (SSSR count). The molecule has 0 radical (unpaired) electrons. The van der Waals surface area contributed by atoms with E-state index in [1.165, 1.54) is 30.1 Å². The van der Waals surface area contributed by atoms with Gasteiger partial charge >= 0.3 is 6.09 Å². The Labute approximate surface area is 234 Å². The van der Waals surface area contributed by atoms with E-state index in [1.54, 1.807) is 51.1 Å². The fraction of sp³-hybridized carbons (Fsp3) is 0.323. The topological polar surface area (TPSA) is 128 Å². The highest BCUT2D eigenvalue weighted by atomic mass is 16.6. The zero-order valence-electron chi connectivity index (χ0n) is 23.7. The van der Waals surface area contributed by atoms with Crippen LogP contribution in [0.25, 0.3) is 0 Å². The molecule has 0 aliphatic rings. The van der Waals surface area contributed by atoms with Crippen LogP contribution in [-0.2, 0) is 20.7 Å². The smallest absolute Gasteiger partial charge is 0.408 e. The van der Waals surface area contributed by atoms with E-state index in [1.807, 2.05) is 32.0 Å². The molecule has 0 heterocycles. The monoisotopic (exact) mass is 547 g/mol. The first kappa shape index (κ1) is 30.0. The third kappa shape index (κ3) is 7.75. The van der Waals surface area contributed by atoms with Crippen LogP contribution in [0.15, 0.2) is 66.7 Å². The second-order valence-corrected chi connectivity index (χ2v) is 10.7. The van der Waals surface area contributed by atoms with Crippen LogP contribution in [0.3, 0.4) is 0 Å². The van der Waals surface area contributed by atoms with Gasteiger partial charge in [0.2, 0.25) is 5.91 Å². The Morgan fingerprint density at radius 2 is 1.50 bits per heavy atom. The summed E-state index contributed by atoms with van der Waals surface area (Å²) in [6, 6.07) is 15.8. The lowest BCUT2D eigenvalue weighted by Gasteiger charge is -2.32. The van der Waals surface area contributed by atoms with Crippen LogP contribution in [0.2, 0.25) is 0 Å². The van der Waals surface area contributed by atoms with Crippen molar-refractivity contribution in [1.82, 2.24) is 10.2 Å². The predicted octanol–water partition coefficient (Wildman–Crippen LogP) is 4.99. The van der Waals surface area contributed by atoms with Crippen molar-refractivity contribution in [2.75, 3.05) is 12.4 Å². The fourth-order valence-electron chi connectivity index (χ4n) is 4.34. The number of phenolic OH excluding ortho intramolecular Hbond substituents is 2. The summed E-state index contributed by atoms with van der Waals surface area (Å²) in [5.74, 6) is -1.20. The molecule has 9 heteroatoms. The van der Waals surface area contributed by atoms with Gasteiger partial charge < -0.3 is 30.5 Å². The highest BCUT2D eigenvalue weighted by Crippen LogP contribution is 2.31. The molecule has 3 amide bonds. The van der Waals surface area contributed by atoms with Crippen LogP contribution < -0.4 is 10.6 Å². The third-order valence-corrected chi connectivity index (χ3v) is 6.31. The van der Waals surface area contributed by atoms with Crippen molar-refractivity contribution in [3.8, 4) is 11.5 Å². The van der Waals surface area contributed by atoms with Crippen molar-refractivity contribution in [2.45, 2.75) is 58.7 Å². The number of phenols is 2. The number of anilines is 1. The maximum Gasteiger partial charge on any atom is 0.408 e. The summed E-state index contributed by atoms with van der Waals surface area (Å²) in [6.07, 6.45) is -0.730. The predicted molar refractivity (Wildman–Crippen MR) is 153 cm³/mol. The van der Waals surface area contributed by atoms with Crippen LogP contribution in [-0.4, -0.2) is 51.7 Å². The number of alkyl carbamates (subject to hydrolysis) is 1. The number of hydrogen-bond donors (Lipinski definition) is 4. The van der Waals surface area contributed by atoms with Crippen LogP contribution in [0.5, 0.6) is 11.5 Å². The normalized spacial score (nSPS) is 12.7. The molecule has 3 aromatic rings. The molecule has 0 saturated heterocycles. The second kappa shape index (κ2) is 12.5. The molecule has 0 aliphatic heterocycles. The minimum absolute atomic E-state index is 0.0617. The van der Waals surface area contributed by atoms with E-state index in [0.717, 1.165) is 11.1 Å². The van der Waals surface area contributed by atoms with Gasteiger partial charge in [0.25, 0.3) is 5.91 Å². The van der Waals surface area contributed by atoms with E-state index in [2.05, 4.69) is 10.6 Å². The highest BCUT2D eigenvalue weighted by molar-refractivity contribution is 6.00. The van der Waals surface area contributed by atoms with E-state index in [-0.39, 0.29) is 23.5 Å². The molecule has 3 aromatic carbocycles. The molecule has 40 heavy (non-hydrogen) atoms. The summed E-state index contributed by atoms with van der Waals surface area (Å²) in [4.78, 5) is 41.7. The number of benzene rings is 3. The first-order chi connectivity index (χ1) is 18.8. The van der Waals surface area contributed by atoms with E-state index < -0.39 is 35.6 Å². The summed E-state index contributed by atoms with van der Waals surface area (Å²) < 4.78 is 5.39. The van der Waals surface area contributed by atoms with Gasteiger partial charge in [-0.25, -0.2) is 4.79 Å². The Morgan fingerprint density at radius 3 is 2.08 bits per heavy atom. The average molecular weight is 548 g/mol. The number of hydrogen-bond acceptors (Lipinski definition) is 6. The fourth-order valence-corrected chi connectivity index (χ4v) is 4.34. The molecule has 0 saturated carbocycles. The minimum atomic E-state index is -1.23. The lowest BCUT2D eigenvalue weighted by atomic mass is 9.99. The Hall–Kier alpha value is -4.53. The second-order valence-electron chi connectivity index (χ2n) is 10.7. The zero-order valence-corrected chi connectivity index (χ0v) is 23.7. The number of para-hydroxylation sites is 2. The molecule has 0 fully saturated rings. The van der Waals surface area contributed by atoms with Crippen molar-refractivity contribution in [2.24, 2.45) is 0 Å². The SMILES string of the molecule is Cc1cccc(C)c1NC(=O)C(c1ccccc1O)N(C)C(=O)C(Cc1ccc(O)cc1)NC(=O)OC(C)(C)C. The number of likely N-dealkylation sites (N-methyl/N-ethyl adjacent to an activating group) is 1. The molecule has 2 unspecified atom stereocenters. The van der Waals surface area contributed by atoms with Crippen molar-refractivity contribution in [3.63, 3.8) is 0 Å². The number of aryl methyl sites for hydroxylation is 2. The van der Waals surface area contributed by atoms with Crippen LogP contribution >= 0.6 is 0 Å². The van der Waals surface area contributed by atoms with E-state index >= 15 is 0 Å². The van der Waals surface area contributed by atoms with E-state index in [4.69, 9.17) is 4.74 Å². The van der Waals surface area contributed by atoms with Gasteiger partial charge in [0, 0.05) is 24.7 Å². The summed E-state index contributed by atoms with van der Waals surface area (Å²) in [7, 11) is 1.45. The average Bonchev–Trinajstić information content (AvgIpc) is 2.87. The number of carbonyl (C=O) groups is 3. The number of ether oxygens (including phenoxy) is 1. The number of aromatic hydroxyl groups is 2. The molecular weight excluding hydrogens is 510 g/mol. The highest BCUT2D eigenvalue weighted by Gasteiger charge is 2.35. The Bertz CT molecular complexity index is 1340. The molecule has 0 aliphatic carbocycles. The molecule has 212 valence electrons. The van der Waals surface area contributed by atoms with Gasteiger partial charge in [0.15, 0.2) is 0 Å². The molecule has 4 N–H and O–H groups in total. The summed E-state index contributed by atoms with van der Waals surface area (Å²) in [6.45, 7) is 8.86. The summed E-state index contributed by atoms with van der Waals surface area (Å²) in [5, 5.41) is 25.9. The zero-order chi connectivity index (χ0) is 29.6. The lowest BCUT2D eigenvalue weighted by molar-refractivity contribution is -0.139. The number of rotatable bonds is 8. The number of amides is 3. The summed E-state index contributed by atoms with van der Waals surface area (Å²) >= 11 is 0. The van der Waals surface area contributed by atoms with Gasteiger partial charge in [-0.15, -0.1) is 0 Å². The first-order valence-corrected chi connectivity index (χ1v) is 13.0. The first-order valence-electron chi connectivity index (χ1n) is 13.0. The van der Waals surface area contributed by atoms with Crippen LogP contribution in [0, 0.1) is 13.8 Å². The quantitative estimate of drug-likeness (QED) is 0.315. The van der Waals surface area contributed by atoms with Gasteiger partial charge in [-0.3, -0.25) is 9.59 Å². The number of nitrogens with zero attached hydrogens (tertiary/aromatic N) is 1. The van der Waals surface area contributed by atoms with Gasteiger partial charge in [0.05, 0.1) is 0 Å². The van der Waals surface area contributed by atoms with Gasteiger partial charge in [0.1, 0.15) is 29.2 Å². The molecular formula is C31H37N3O6. The van der Waals surface area contributed by atoms with Crippen LogP contribution in [0.4, 0.5) is 10.5 Å². The van der Waals surface area contributed by atoms with Gasteiger partial charge in [-0.2, -0.15) is 0 Å². The van der Waals surface area contributed by atoms with Crippen molar-refractivity contribution in [3.05, 3.63) is 89.0 Å². The molecule has 9 nitrogen and oxygen atoms in total.